The van der Waals surface area contributed by atoms with Crippen LogP contribution in [-0.2, 0) is 5.75 Å². The summed E-state index contributed by atoms with van der Waals surface area (Å²) >= 11 is 0. The Bertz CT molecular complexity index is 493. The fraction of sp³-hybridized carbons (Fsp3) is 0.0769. The van der Waals surface area contributed by atoms with Gasteiger partial charge in [-0.1, -0.05) is 50.6 Å². The molecule has 2 aromatic carbocycles. The number of benzene rings is 2. The first-order chi connectivity index (χ1) is 8.89. The van der Waals surface area contributed by atoms with Crippen LogP contribution >= 0.6 is 47.4 Å². The molecule has 2 aromatic rings. The monoisotopic (exact) mass is 327 g/mol. The molecular formula is C13H11S5. The Morgan fingerprint density at radius 3 is 2.22 bits per heavy atom. The summed E-state index contributed by atoms with van der Waals surface area (Å²) in [6.07, 6.45) is 0. The predicted octanol–water partition coefficient (Wildman–Crippen LogP) is 6.37. The van der Waals surface area contributed by atoms with Crippen LogP contribution in [0.15, 0.2) is 59.5 Å². The van der Waals surface area contributed by atoms with E-state index in [0.717, 1.165) is 5.75 Å². The molecule has 93 valence electrons. The van der Waals surface area contributed by atoms with Crippen molar-refractivity contribution in [2.75, 3.05) is 0 Å². The molecular weight excluding hydrogens is 316 g/mol. The van der Waals surface area contributed by atoms with Crippen molar-refractivity contribution in [2.24, 2.45) is 0 Å². The lowest BCUT2D eigenvalue weighted by atomic mass is 10.2. The SMILES string of the molecule is [c]1ccc(S2(Cc3ccccc3)SSSS2)cc1. The van der Waals surface area contributed by atoms with Gasteiger partial charge in [0.25, 0.3) is 0 Å². The van der Waals surface area contributed by atoms with E-state index in [2.05, 4.69) is 48.5 Å². The lowest BCUT2D eigenvalue weighted by molar-refractivity contribution is 1.37. The Labute approximate surface area is 123 Å². The second kappa shape index (κ2) is 6.09. The first-order valence-corrected chi connectivity index (χ1v) is 13.1. The van der Waals surface area contributed by atoms with E-state index in [1.54, 1.807) is 0 Å². The Balaban J connectivity index is 1.93. The molecule has 1 aliphatic rings. The maximum absolute atomic E-state index is 3.12. The van der Waals surface area contributed by atoms with Gasteiger partial charge < -0.3 is 0 Å². The minimum absolute atomic E-state index is 0.854. The minimum atomic E-state index is -0.854. The van der Waals surface area contributed by atoms with Gasteiger partial charge >= 0.3 is 0 Å². The zero-order valence-corrected chi connectivity index (χ0v) is 13.5. The molecule has 1 aliphatic heterocycles. The van der Waals surface area contributed by atoms with Crippen LogP contribution in [0.4, 0.5) is 0 Å². The zero-order valence-electron chi connectivity index (χ0n) is 9.44. The fourth-order valence-corrected chi connectivity index (χ4v) is 26.9. The summed E-state index contributed by atoms with van der Waals surface area (Å²) in [6, 6.07) is 22.5. The van der Waals surface area contributed by atoms with Crippen LogP contribution in [0, 0.1) is 6.07 Å². The van der Waals surface area contributed by atoms with Crippen LogP contribution in [0.5, 0.6) is 0 Å². The highest BCUT2D eigenvalue weighted by Crippen LogP contribution is 2.90. The van der Waals surface area contributed by atoms with Gasteiger partial charge in [-0.05, 0) is 63.1 Å². The second-order valence-corrected chi connectivity index (χ2v) is 16.9. The summed E-state index contributed by atoms with van der Waals surface area (Å²) in [5.41, 5.74) is 1.43. The molecule has 0 N–H and O–H groups in total. The van der Waals surface area contributed by atoms with Crippen molar-refractivity contribution in [1.29, 1.82) is 0 Å². The Morgan fingerprint density at radius 1 is 0.889 bits per heavy atom. The summed E-state index contributed by atoms with van der Waals surface area (Å²) < 4.78 is 0. The molecule has 0 aliphatic carbocycles. The quantitative estimate of drug-likeness (QED) is 0.600. The minimum Gasteiger partial charge on any atom is -0.0903 e. The van der Waals surface area contributed by atoms with E-state index < -0.39 is 8.09 Å². The fourth-order valence-electron chi connectivity index (χ4n) is 1.71. The summed E-state index contributed by atoms with van der Waals surface area (Å²) in [7, 11) is 7.08. The van der Waals surface area contributed by atoms with Gasteiger partial charge in [-0.15, -0.1) is 0 Å². The zero-order chi connectivity index (χ0) is 12.3. The Hall–Kier alpha value is 0.190. The molecule has 1 radical (unpaired) electrons. The van der Waals surface area contributed by atoms with Gasteiger partial charge in [0.05, 0.1) is 0 Å². The third-order valence-electron chi connectivity index (χ3n) is 2.55. The van der Waals surface area contributed by atoms with Crippen LogP contribution in [0.3, 0.4) is 0 Å². The summed E-state index contributed by atoms with van der Waals surface area (Å²) in [5.74, 6) is 1.15. The van der Waals surface area contributed by atoms with Gasteiger partial charge in [-0.25, -0.2) is 0 Å². The molecule has 1 fully saturated rings. The van der Waals surface area contributed by atoms with Crippen molar-refractivity contribution >= 4 is 47.4 Å². The van der Waals surface area contributed by atoms with Crippen LogP contribution in [0.2, 0.25) is 0 Å². The van der Waals surface area contributed by atoms with Crippen molar-refractivity contribution in [3.63, 3.8) is 0 Å². The van der Waals surface area contributed by atoms with Gasteiger partial charge in [-0.3, -0.25) is 0 Å². The second-order valence-electron chi connectivity index (χ2n) is 3.75. The third kappa shape index (κ3) is 2.85. The molecule has 0 unspecified atom stereocenters. The normalized spacial score (nSPS) is 19.6. The molecule has 0 spiro atoms. The maximum atomic E-state index is 3.12. The molecule has 5 heteroatoms. The van der Waals surface area contributed by atoms with E-state index in [4.69, 9.17) is 0 Å². The average Bonchev–Trinajstić information content (AvgIpc) is 2.91. The Morgan fingerprint density at radius 2 is 1.56 bits per heavy atom. The van der Waals surface area contributed by atoms with E-state index >= 15 is 0 Å². The molecule has 0 saturated carbocycles. The van der Waals surface area contributed by atoms with Gasteiger partial charge in [0.1, 0.15) is 0 Å². The molecule has 0 aromatic heterocycles. The van der Waals surface area contributed by atoms with Crippen molar-refractivity contribution in [3.8, 4) is 0 Å². The largest absolute Gasteiger partial charge is 0.0903 e. The van der Waals surface area contributed by atoms with E-state index in [-0.39, 0.29) is 0 Å². The van der Waals surface area contributed by atoms with E-state index in [1.807, 2.05) is 51.4 Å². The van der Waals surface area contributed by atoms with E-state index in [9.17, 15) is 0 Å². The summed E-state index contributed by atoms with van der Waals surface area (Å²) in [4.78, 5) is 1.47. The average molecular weight is 328 g/mol. The molecule has 3 rings (SSSR count). The van der Waals surface area contributed by atoms with Crippen LogP contribution in [0.25, 0.3) is 0 Å². The molecule has 1 heterocycles. The van der Waals surface area contributed by atoms with Crippen molar-refractivity contribution in [3.05, 3.63) is 66.2 Å². The first-order valence-electron chi connectivity index (χ1n) is 5.41. The van der Waals surface area contributed by atoms with Gasteiger partial charge in [0.15, 0.2) is 0 Å². The van der Waals surface area contributed by atoms with Crippen molar-refractivity contribution < 1.29 is 0 Å². The van der Waals surface area contributed by atoms with Crippen LogP contribution in [0.1, 0.15) is 5.56 Å². The number of hydrogen-bond acceptors (Lipinski definition) is 4. The van der Waals surface area contributed by atoms with Gasteiger partial charge in [0, 0.05) is 10.6 Å². The van der Waals surface area contributed by atoms with Crippen LogP contribution < -0.4 is 0 Å². The highest BCUT2D eigenvalue weighted by Gasteiger charge is 2.34. The molecule has 0 bridgehead atoms. The number of hydrogen-bond donors (Lipinski definition) is 0. The Kier molecular flexibility index (Phi) is 4.46. The summed E-state index contributed by atoms with van der Waals surface area (Å²) in [6.45, 7) is 0. The molecule has 0 atom stereocenters. The van der Waals surface area contributed by atoms with Crippen molar-refractivity contribution in [2.45, 2.75) is 10.6 Å². The lowest BCUT2D eigenvalue weighted by Gasteiger charge is -2.31. The van der Waals surface area contributed by atoms with Crippen molar-refractivity contribution in [1.82, 2.24) is 0 Å². The highest BCUT2D eigenvalue weighted by atomic mass is 34.1. The highest BCUT2D eigenvalue weighted by molar-refractivity contribution is 9.66. The standard InChI is InChI=1S/C13H11S5/c1-3-7-12(8-4-1)11-18(16-14-15-17-18)13-9-5-2-6-10-13/h1,3-10H,11H2. The van der Waals surface area contributed by atoms with E-state index in [0.29, 0.717) is 0 Å². The van der Waals surface area contributed by atoms with Crippen LogP contribution in [-0.4, -0.2) is 0 Å². The first kappa shape index (κ1) is 13.2. The molecule has 0 nitrogen and oxygen atoms in total. The predicted molar refractivity (Wildman–Crippen MR) is 91.6 cm³/mol. The lowest BCUT2D eigenvalue weighted by Crippen LogP contribution is -1.93. The topological polar surface area (TPSA) is 0 Å². The van der Waals surface area contributed by atoms with Gasteiger partial charge in [0.2, 0.25) is 0 Å². The van der Waals surface area contributed by atoms with Gasteiger partial charge in [-0.2, -0.15) is 0 Å². The molecule has 0 amide bonds. The molecule has 1 saturated heterocycles. The summed E-state index contributed by atoms with van der Waals surface area (Å²) in [5, 5.41) is 0. The smallest absolute Gasteiger partial charge is 0.0255 e. The maximum Gasteiger partial charge on any atom is 0.0255 e. The van der Waals surface area contributed by atoms with E-state index in [1.165, 1.54) is 10.5 Å². The number of rotatable bonds is 3. The molecule has 18 heavy (non-hydrogen) atoms. The third-order valence-corrected chi connectivity index (χ3v) is 21.5.